The van der Waals surface area contributed by atoms with Crippen LogP contribution in [0.15, 0.2) is 36.4 Å². The van der Waals surface area contributed by atoms with Crippen molar-refractivity contribution in [3.63, 3.8) is 0 Å². The predicted molar refractivity (Wildman–Crippen MR) is 94.3 cm³/mol. The summed E-state index contributed by atoms with van der Waals surface area (Å²) in [5, 5.41) is 8.04. The topological polar surface area (TPSA) is 70.8 Å². The lowest BCUT2D eigenvalue weighted by atomic mass is 9.99. The smallest absolute Gasteiger partial charge is 0.160 e. The number of hydrogen-bond acceptors (Lipinski definition) is 4. The average molecular weight is 307 g/mol. The summed E-state index contributed by atoms with van der Waals surface area (Å²) in [6.07, 6.45) is 2.51. The Morgan fingerprint density at radius 2 is 2.09 bits per heavy atom. The van der Waals surface area contributed by atoms with Crippen molar-refractivity contribution in [2.75, 3.05) is 23.7 Å². The largest absolute Gasteiger partial charge is 0.382 e. The van der Waals surface area contributed by atoms with Gasteiger partial charge in [0.25, 0.3) is 0 Å². The molecule has 1 saturated heterocycles. The van der Waals surface area contributed by atoms with Crippen LogP contribution in [0.4, 0.5) is 11.6 Å². The summed E-state index contributed by atoms with van der Waals surface area (Å²) in [4.78, 5) is 7.14. The highest BCUT2D eigenvalue weighted by Gasteiger charge is 2.20. The SMILES string of the molecule is CC1CCCN(c2cc(-c3ccccc3)c3c(N)n[nH]c3n2)C1. The summed E-state index contributed by atoms with van der Waals surface area (Å²) in [7, 11) is 0. The molecular formula is C18H21N5. The Bertz CT molecular complexity index is 824. The van der Waals surface area contributed by atoms with Gasteiger partial charge in [-0.1, -0.05) is 37.3 Å². The van der Waals surface area contributed by atoms with E-state index in [0.717, 1.165) is 41.1 Å². The molecule has 5 heteroatoms. The highest BCUT2D eigenvalue weighted by molar-refractivity contribution is 6.01. The average Bonchev–Trinajstić information content (AvgIpc) is 2.96. The van der Waals surface area contributed by atoms with E-state index in [4.69, 9.17) is 10.7 Å². The highest BCUT2D eigenvalue weighted by atomic mass is 15.2. The van der Waals surface area contributed by atoms with Gasteiger partial charge < -0.3 is 10.6 Å². The number of aromatic amines is 1. The molecular weight excluding hydrogens is 286 g/mol. The lowest BCUT2D eigenvalue weighted by molar-refractivity contribution is 0.445. The van der Waals surface area contributed by atoms with Crippen LogP contribution < -0.4 is 10.6 Å². The van der Waals surface area contributed by atoms with Crippen LogP contribution in [0.2, 0.25) is 0 Å². The number of anilines is 2. The Kier molecular flexibility index (Phi) is 3.41. The van der Waals surface area contributed by atoms with Crippen LogP contribution in [0.5, 0.6) is 0 Å². The number of fused-ring (bicyclic) bond motifs is 1. The first-order chi connectivity index (χ1) is 11.2. The van der Waals surface area contributed by atoms with Gasteiger partial charge in [-0.25, -0.2) is 4.98 Å². The lowest BCUT2D eigenvalue weighted by Gasteiger charge is -2.32. The number of pyridine rings is 1. The molecule has 1 unspecified atom stereocenters. The van der Waals surface area contributed by atoms with Crippen molar-refractivity contribution < 1.29 is 0 Å². The molecule has 2 aromatic heterocycles. The van der Waals surface area contributed by atoms with Crippen molar-refractivity contribution in [3.8, 4) is 11.1 Å². The molecule has 0 saturated carbocycles. The van der Waals surface area contributed by atoms with Crippen molar-refractivity contribution in [1.29, 1.82) is 0 Å². The Balaban J connectivity index is 1.88. The minimum Gasteiger partial charge on any atom is -0.382 e. The highest BCUT2D eigenvalue weighted by Crippen LogP contribution is 2.34. The fourth-order valence-electron chi connectivity index (χ4n) is 3.45. The molecule has 0 spiro atoms. The quantitative estimate of drug-likeness (QED) is 0.761. The molecule has 1 aliphatic heterocycles. The van der Waals surface area contributed by atoms with Crippen LogP contribution in [0.1, 0.15) is 19.8 Å². The molecule has 0 radical (unpaired) electrons. The second kappa shape index (κ2) is 5.57. The minimum atomic E-state index is 0.505. The number of hydrogen-bond donors (Lipinski definition) is 2. The van der Waals surface area contributed by atoms with E-state index < -0.39 is 0 Å². The second-order valence-electron chi connectivity index (χ2n) is 6.42. The van der Waals surface area contributed by atoms with Gasteiger partial charge in [-0.2, -0.15) is 5.10 Å². The van der Waals surface area contributed by atoms with Crippen molar-refractivity contribution in [2.45, 2.75) is 19.8 Å². The van der Waals surface area contributed by atoms with Gasteiger partial charge in [0, 0.05) is 18.7 Å². The molecule has 5 nitrogen and oxygen atoms in total. The van der Waals surface area contributed by atoms with Crippen molar-refractivity contribution >= 4 is 22.7 Å². The van der Waals surface area contributed by atoms with E-state index in [1.54, 1.807) is 0 Å². The van der Waals surface area contributed by atoms with Gasteiger partial charge in [-0.3, -0.25) is 5.10 Å². The second-order valence-corrected chi connectivity index (χ2v) is 6.42. The standard InChI is InChI=1S/C18H21N5/c1-12-6-5-9-23(11-12)15-10-14(13-7-3-2-4-8-13)16-17(19)21-22-18(16)20-15/h2-4,7-8,10,12H,5-6,9,11H2,1H3,(H3,19,20,21,22). The molecule has 118 valence electrons. The lowest BCUT2D eigenvalue weighted by Crippen LogP contribution is -2.34. The number of rotatable bonds is 2. The zero-order valence-corrected chi connectivity index (χ0v) is 13.3. The van der Waals surface area contributed by atoms with Crippen LogP contribution in [-0.2, 0) is 0 Å². The van der Waals surface area contributed by atoms with Crippen LogP contribution >= 0.6 is 0 Å². The van der Waals surface area contributed by atoms with E-state index in [2.05, 4.69) is 40.2 Å². The molecule has 0 amide bonds. The molecule has 3 N–H and O–H groups in total. The summed E-state index contributed by atoms with van der Waals surface area (Å²) in [6, 6.07) is 12.5. The molecule has 3 aromatic rings. The normalized spacial score (nSPS) is 18.5. The van der Waals surface area contributed by atoms with E-state index in [1.807, 2.05) is 18.2 Å². The van der Waals surface area contributed by atoms with E-state index in [0.29, 0.717) is 11.7 Å². The van der Waals surface area contributed by atoms with Crippen LogP contribution in [0, 0.1) is 5.92 Å². The van der Waals surface area contributed by atoms with E-state index >= 15 is 0 Å². The predicted octanol–water partition coefficient (Wildman–Crippen LogP) is 3.44. The van der Waals surface area contributed by atoms with Gasteiger partial charge in [0.05, 0.1) is 5.39 Å². The van der Waals surface area contributed by atoms with E-state index in [1.165, 1.54) is 12.8 Å². The molecule has 1 fully saturated rings. The Labute approximate surface area is 135 Å². The van der Waals surface area contributed by atoms with Crippen LogP contribution in [-0.4, -0.2) is 28.3 Å². The molecule has 3 heterocycles. The maximum atomic E-state index is 6.07. The number of nitrogens with zero attached hydrogens (tertiary/aromatic N) is 3. The summed E-state index contributed by atoms with van der Waals surface area (Å²) >= 11 is 0. The number of nitrogens with one attached hydrogen (secondary N) is 1. The molecule has 1 aromatic carbocycles. The van der Waals surface area contributed by atoms with Crippen molar-refractivity contribution in [3.05, 3.63) is 36.4 Å². The summed E-state index contributed by atoms with van der Waals surface area (Å²) < 4.78 is 0. The van der Waals surface area contributed by atoms with Crippen molar-refractivity contribution in [1.82, 2.24) is 15.2 Å². The molecule has 0 bridgehead atoms. The Hall–Kier alpha value is -2.56. The Morgan fingerprint density at radius 3 is 2.87 bits per heavy atom. The summed E-state index contributed by atoms with van der Waals surface area (Å²) in [6.45, 7) is 4.41. The molecule has 23 heavy (non-hydrogen) atoms. The van der Waals surface area contributed by atoms with E-state index in [9.17, 15) is 0 Å². The fourth-order valence-corrected chi connectivity index (χ4v) is 3.45. The number of piperidine rings is 1. The first-order valence-corrected chi connectivity index (χ1v) is 8.17. The Morgan fingerprint density at radius 1 is 1.26 bits per heavy atom. The molecule has 1 aliphatic rings. The van der Waals surface area contributed by atoms with Gasteiger partial charge in [0.2, 0.25) is 0 Å². The van der Waals surface area contributed by atoms with Gasteiger partial charge in [0.15, 0.2) is 11.5 Å². The third kappa shape index (κ3) is 2.52. The minimum absolute atomic E-state index is 0.505. The van der Waals surface area contributed by atoms with E-state index in [-0.39, 0.29) is 0 Å². The zero-order valence-electron chi connectivity index (χ0n) is 13.3. The maximum Gasteiger partial charge on any atom is 0.160 e. The monoisotopic (exact) mass is 307 g/mol. The fraction of sp³-hybridized carbons (Fsp3) is 0.333. The third-order valence-corrected chi connectivity index (χ3v) is 4.61. The van der Waals surface area contributed by atoms with Gasteiger partial charge >= 0.3 is 0 Å². The summed E-state index contributed by atoms with van der Waals surface area (Å²) in [5.41, 5.74) is 9.06. The van der Waals surface area contributed by atoms with Crippen LogP contribution in [0.3, 0.4) is 0 Å². The molecule has 0 aliphatic carbocycles. The molecule has 1 atom stereocenters. The van der Waals surface area contributed by atoms with Gasteiger partial charge in [0.1, 0.15) is 5.82 Å². The zero-order chi connectivity index (χ0) is 15.8. The third-order valence-electron chi connectivity index (χ3n) is 4.61. The summed E-state index contributed by atoms with van der Waals surface area (Å²) in [5.74, 6) is 2.21. The number of aromatic nitrogens is 3. The number of nitrogen functional groups attached to an aromatic ring is 1. The first-order valence-electron chi connectivity index (χ1n) is 8.17. The van der Waals surface area contributed by atoms with Crippen molar-refractivity contribution in [2.24, 2.45) is 5.92 Å². The maximum absolute atomic E-state index is 6.07. The molecule has 4 rings (SSSR count). The van der Waals surface area contributed by atoms with Gasteiger partial charge in [-0.05, 0) is 30.4 Å². The number of benzene rings is 1. The first kappa shape index (κ1) is 14.1. The van der Waals surface area contributed by atoms with Gasteiger partial charge in [-0.15, -0.1) is 0 Å². The van der Waals surface area contributed by atoms with Crippen LogP contribution in [0.25, 0.3) is 22.2 Å². The number of H-pyrrole nitrogens is 1. The number of nitrogens with two attached hydrogens (primary N) is 1.